The smallest absolute Gasteiger partial charge is 0.182 e. The van der Waals surface area contributed by atoms with E-state index < -0.39 is 9.84 Å². The molecule has 1 unspecified atom stereocenters. The highest BCUT2D eigenvalue weighted by molar-refractivity contribution is 7.91. The Bertz CT molecular complexity index is 746. The van der Waals surface area contributed by atoms with Gasteiger partial charge >= 0.3 is 0 Å². The SMILES string of the molecule is CS(=O)(=O)c1c(N)nsc1NCC1Cc2ccccc2O1. The highest BCUT2D eigenvalue weighted by Crippen LogP contribution is 2.32. The van der Waals surface area contributed by atoms with Gasteiger partial charge in [-0.05, 0) is 23.2 Å². The van der Waals surface area contributed by atoms with Crippen LogP contribution < -0.4 is 15.8 Å². The number of hydrogen-bond acceptors (Lipinski definition) is 7. The predicted octanol–water partition coefficient (Wildman–Crippen LogP) is 1.54. The molecule has 3 N–H and O–H groups in total. The first-order chi connectivity index (χ1) is 9.95. The minimum atomic E-state index is -3.40. The molecule has 0 spiro atoms. The van der Waals surface area contributed by atoms with Crippen LogP contribution in [0.2, 0.25) is 0 Å². The van der Waals surface area contributed by atoms with E-state index in [9.17, 15) is 8.42 Å². The monoisotopic (exact) mass is 325 g/mol. The van der Waals surface area contributed by atoms with Gasteiger partial charge in [-0.3, -0.25) is 0 Å². The van der Waals surface area contributed by atoms with E-state index in [0.29, 0.717) is 11.5 Å². The van der Waals surface area contributed by atoms with Gasteiger partial charge in [0.15, 0.2) is 15.7 Å². The maximum absolute atomic E-state index is 11.7. The van der Waals surface area contributed by atoms with Crippen molar-refractivity contribution in [2.24, 2.45) is 0 Å². The average Bonchev–Trinajstić information content (AvgIpc) is 2.98. The molecule has 2 aromatic rings. The number of benzene rings is 1. The van der Waals surface area contributed by atoms with Crippen LogP contribution >= 0.6 is 11.5 Å². The molecule has 1 aromatic carbocycles. The quantitative estimate of drug-likeness (QED) is 0.885. The van der Waals surface area contributed by atoms with Crippen molar-refractivity contribution in [3.63, 3.8) is 0 Å². The Morgan fingerprint density at radius 1 is 1.48 bits per heavy atom. The second-order valence-corrected chi connectivity index (χ2v) is 7.66. The third kappa shape index (κ3) is 2.81. The highest BCUT2D eigenvalue weighted by atomic mass is 32.2. The van der Waals surface area contributed by atoms with Crippen LogP contribution in [0.4, 0.5) is 10.8 Å². The molecule has 0 aliphatic carbocycles. The predicted molar refractivity (Wildman–Crippen MR) is 82.7 cm³/mol. The maximum atomic E-state index is 11.7. The summed E-state index contributed by atoms with van der Waals surface area (Å²) < 4.78 is 33.2. The zero-order valence-corrected chi connectivity index (χ0v) is 13.0. The third-order valence-electron chi connectivity index (χ3n) is 3.25. The van der Waals surface area contributed by atoms with Crippen molar-refractivity contribution in [3.05, 3.63) is 29.8 Å². The van der Waals surface area contributed by atoms with E-state index in [1.165, 1.54) is 0 Å². The Hall–Kier alpha value is -1.80. The lowest BCUT2D eigenvalue weighted by Crippen LogP contribution is -2.24. The van der Waals surface area contributed by atoms with E-state index >= 15 is 0 Å². The van der Waals surface area contributed by atoms with Crippen molar-refractivity contribution in [1.29, 1.82) is 0 Å². The molecule has 1 aromatic heterocycles. The van der Waals surface area contributed by atoms with E-state index in [0.717, 1.165) is 35.5 Å². The third-order valence-corrected chi connectivity index (χ3v) is 5.35. The number of hydrogen-bond donors (Lipinski definition) is 2. The molecule has 0 saturated heterocycles. The number of fused-ring (bicyclic) bond motifs is 1. The van der Waals surface area contributed by atoms with Gasteiger partial charge in [0.2, 0.25) is 0 Å². The number of anilines is 2. The molecule has 0 fully saturated rings. The van der Waals surface area contributed by atoms with Gasteiger partial charge < -0.3 is 15.8 Å². The summed E-state index contributed by atoms with van der Waals surface area (Å²) in [7, 11) is -3.40. The molecule has 0 amide bonds. The van der Waals surface area contributed by atoms with Gasteiger partial charge in [0.25, 0.3) is 0 Å². The van der Waals surface area contributed by atoms with E-state index in [-0.39, 0.29) is 16.8 Å². The normalized spacial score (nSPS) is 17.3. The number of rotatable bonds is 4. The second kappa shape index (κ2) is 5.19. The number of nitrogens with two attached hydrogens (primary N) is 1. The van der Waals surface area contributed by atoms with Crippen molar-refractivity contribution >= 4 is 32.2 Å². The molecule has 1 aliphatic rings. The Kier molecular flexibility index (Phi) is 3.50. The van der Waals surface area contributed by atoms with Crippen molar-refractivity contribution in [2.45, 2.75) is 17.4 Å². The van der Waals surface area contributed by atoms with Crippen molar-refractivity contribution in [1.82, 2.24) is 4.37 Å². The first-order valence-corrected chi connectivity index (χ1v) is 9.05. The maximum Gasteiger partial charge on any atom is 0.182 e. The van der Waals surface area contributed by atoms with Gasteiger partial charge in [0, 0.05) is 12.7 Å². The Morgan fingerprint density at radius 2 is 2.24 bits per heavy atom. The number of aromatic nitrogens is 1. The lowest BCUT2D eigenvalue weighted by Gasteiger charge is -2.12. The minimum Gasteiger partial charge on any atom is -0.488 e. The number of ether oxygens (including phenoxy) is 1. The van der Waals surface area contributed by atoms with Crippen LogP contribution in [0, 0.1) is 0 Å². The topological polar surface area (TPSA) is 94.3 Å². The lowest BCUT2D eigenvalue weighted by atomic mass is 10.1. The van der Waals surface area contributed by atoms with Gasteiger partial charge in [-0.25, -0.2) is 8.42 Å². The lowest BCUT2D eigenvalue weighted by molar-refractivity contribution is 0.246. The molecule has 0 radical (unpaired) electrons. The van der Waals surface area contributed by atoms with Crippen LogP contribution in [0.3, 0.4) is 0 Å². The molecule has 0 saturated carbocycles. The zero-order chi connectivity index (χ0) is 15.0. The number of sulfone groups is 1. The molecule has 1 aliphatic heterocycles. The van der Waals surface area contributed by atoms with E-state index in [1.807, 2.05) is 24.3 Å². The van der Waals surface area contributed by atoms with Gasteiger partial charge in [0.1, 0.15) is 21.8 Å². The number of nitrogens with one attached hydrogen (secondary N) is 1. The summed E-state index contributed by atoms with van der Waals surface area (Å²) in [6.07, 6.45) is 1.89. The van der Waals surface area contributed by atoms with Crippen LogP contribution in [0.15, 0.2) is 29.2 Å². The summed E-state index contributed by atoms with van der Waals surface area (Å²) in [6, 6.07) is 7.87. The van der Waals surface area contributed by atoms with Gasteiger partial charge in [-0.15, -0.1) is 0 Å². The molecule has 112 valence electrons. The summed E-state index contributed by atoms with van der Waals surface area (Å²) in [5.74, 6) is 0.928. The summed E-state index contributed by atoms with van der Waals surface area (Å²) in [5.41, 5.74) is 6.79. The zero-order valence-electron chi connectivity index (χ0n) is 11.4. The largest absolute Gasteiger partial charge is 0.488 e. The standard InChI is InChI=1S/C13H15N3O3S2/c1-21(17,18)11-12(14)16-20-13(11)15-7-9-6-8-4-2-3-5-10(8)19-9/h2-5,9,15H,6-7H2,1H3,(H2,14,16). The molecule has 21 heavy (non-hydrogen) atoms. The summed E-state index contributed by atoms with van der Waals surface area (Å²) >= 11 is 1.05. The molecular formula is C13H15N3O3S2. The minimum absolute atomic E-state index is 0.0295. The molecular weight excluding hydrogens is 310 g/mol. The first-order valence-electron chi connectivity index (χ1n) is 6.39. The molecule has 6 nitrogen and oxygen atoms in total. The van der Waals surface area contributed by atoms with Crippen molar-refractivity contribution < 1.29 is 13.2 Å². The van der Waals surface area contributed by atoms with Crippen LogP contribution in [0.1, 0.15) is 5.56 Å². The fourth-order valence-corrected chi connectivity index (χ4v) is 4.41. The molecule has 0 bridgehead atoms. The first kappa shape index (κ1) is 14.2. The van der Waals surface area contributed by atoms with Gasteiger partial charge in [0.05, 0.1) is 6.54 Å². The van der Waals surface area contributed by atoms with E-state index in [2.05, 4.69) is 9.69 Å². The van der Waals surface area contributed by atoms with Crippen LogP contribution in [-0.4, -0.2) is 31.7 Å². The summed E-state index contributed by atoms with van der Waals surface area (Å²) in [6.45, 7) is 0.499. The van der Waals surface area contributed by atoms with Gasteiger partial charge in [-0.2, -0.15) is 4.37 Å². The van der Waals surface area contributed by atoms with E-state index in [1.54, 1.807) is 0 Å². The highest BCUT2D eigenvalue weighted by Gasteiger charge is 2.25. The number of para-hydroxylation sites is 1. The van der Waals surface area contributed by atoms with Gasteiger partial charge in [-0.1, -0.05) is 18.2 Å². The van der Waals surface area contributed by atoms with Crippen LogP contribution in [-0.2, 0) is 16.3 Å². The molecule has 8 heteroatoms. The second-order valence-electron chi connectivity index (χ2n) is 4.93. The van der Waals surface area contributed by atoms with Crippen molar-refractivity contribution in [3.8, 4) is 5.75 Å². The Morgan fingerprint density at radius 3 is 2.95 bits per heavy atom. The van der Waals surface area contributed by atoms with Crippen molar-refractivity contribution in [2.75, 3.05) is 23.9 Å². The average molecular weight is 325 g/mol. The molecule has 1 atom stereocenters. The summed E-state index contributed by atoms with van der Waals surface area (Å²) in [5, 5.41) is 3.56. The fourth-order valence-electron chi connectivity index (χ4n) is 2.34. The molecule has 3 rings (SSSR count). The number of nitrogens with zero attached hydrogens (tertiary/aromatic N) is 1. The molecule has 2 heterocycles. The van der Waals surface area contributed by atoms with Crippen LogP contribution in [0.5, 0.6) is 5.75 Å². The van der Waals surface area contributed by atoms with Crippen LogP contribution in [0.25, 0.3) is 0 Å². The fraction of sp³-hybridized carbons (Fsp3) is 0.308. The Balaban J connectivity index is 1.71. The Labute approximate surface area is 127 Å². The number of nitrogen functional groups attached to an aromatic ring is 1. The van der Waals surface area contributed by atoms with E-state index in [4.69, 9.17) is 10.5 Å². The summed E-state index contributed by atoms with van der Waals surface area (Å²) in [4.78, 5) is 0.0722.